The van der Waals surface area contributed by atoms with Crippen molar-refractivity contribution in [1.29, 1.82) is 0 Å². The molecular weight excluding hydrogens is 307 g/mol. The van der Waals surface area contributed by atoms with Gasteiger partial charge in [-0.15, -0.1) is 0 Å². The lowest BCUT2D eigenvalue weighted by molar-refractivity contribution is 0.651. The van der Waals surface area contributed by atoms with E-state index >= 15 is 0 Å². The molecule has 2 aromatic rings. The van der Waals surface area contributed by atoms with Crippen LogP contribution in [0.5, 0.6) is 0 Å². The Balaban J connectivity index is 2.15. The molecular formula is C10H10BrClN4O. The van der Waals surface area contributed by atoms with Crippen LogP contribution in [0.15, 0.2) is 28.0 Å². The summed E-state index contributed by atoms with van der Waals surface area (Å²) >= 11 is 8.84. The summed E-state index contributed by atoms with van der Waals surface area (Å²) in [6, 6.07) is 0. The molecule has 0 saturated heterocycles. The van der Waals surface area contributed by atoms with Crippen molar-refractivity contribution in [3.8, 4) is 0 Å². The molecule has 0 unspecified atom stereocenters. The summed E-state index contributed by atoms with van der Waals surface area (Å²) in [5.74, 6) is 0. The van der Waals surface area contributed by atoms with Crippen LogP contribution in [0.3, 0.4) is 0 Å². The van der Waals surface area contributed by atoms with Crippen LogP contribution < -0.4 is 5.56 Å². The first kappa shape index (κ1) is 12.3. The molecule has 7 heteroatoms. The Morgan fingerprint density at radius 1 is 1.53 bits per heavy atom. The van der Waals surface area contributed by atoms with Crippen molar-refractivity contribution in [2.75, 3.05) is 0 Å². The van der Waals surface area contributed by atoms with Crippen molar-refractivity contribution >= 4 is 27.5 Å². The highest BCUT2D eigenvalue weighted by Gasteiger charge is 2.07. The first-order valence-electron chi connectivity index (χ1n) is 4.96. The fourth-order valence-electron chi connectivity index (χ4n) is 1.45. The molecule has 2 aromatic heterocycles. The van der Waals surface area contributed by atoms with E-state index in [9.17, 15) is 4.79 Å². The predicted molar refractivity (Wildman–Crippen MR) is 68.1 cm³/mol. The van der Waals surface area contributed by atoms with Gasteiger partial charge in [0.2, 0.25) is 0 Å². The second-order valence-corrected chi connectivity index (χ2v) is 4.77. The first-order chi connectivity index (χ1) is 8.08. The molecule has 0 aliphatic heterocycles. The quantitative estimate of drug-likeness (QED) is 0.809. The van der Waals surface area contributed by atoms with Crippen LogP contribution in [-0.2, 0) is 20.0 Å². The highest BCUT2D eigenvalue weighted by molar-refractivity contribution is 9.10. The van der Waals surface area contributed by atoms with E-state index in [0.717, 1.165) is 12.0 Å². The maximum absolute atomic E-state index is 11.8. The number of hydrogen-bond donors (Lipinski definition) is 0. The number of aryl methyl sites for hydroxylation is 3. The summed E-state index contributed by atoms with van der Waals surface area (Å²) in [7, 11) is 1.86. The minimum atomic E-state index is -0.172. The first-order valence-corrected chi connectivity index (χ1v) is 6.13. The summed E-state index contributed by atoms with van der Waals surface area (Å²) in [5, 5.41) is 4.25. The van der Waals surface area contributed by atoms with Gasteiger partial charge >= 0.3 is 0 Å². The summed E-state index contributed by atoms with van der Waals surface area (Å²) in [6.07, 6.45) is 5.88. The minimum absolute atomic E-state index is 0.172. The van der Waals surface area contributed by atoms with Crippen molar-refractivity contribution < 1.29 is 0 Å². The van der Waals surface area contributed by atoms with E-state index < -0.39 is 0 Å². The van der Waals surface area contributed by atoms with Gasteiger partial charge in [0.05, 0.1) is 12.5 Å². The van der Waals surface area contributed by atoms with Gasteiger partial charge in [0.25, 0.3) is 5.56 Å². The standard InChI is InChI=1S/C10H10BrClN4O/c1-15-5-7(4-14-15)2-3-16-6-13-9(12)8(11)10(16)17/h4-6H,2-3H2,1H3. The van der Waals surface area contributed by atoms with Crippen molar-refractivity contribution in [3.05, 3.63) is 44.3 Å². The zero-order chi connectivity index (χ0) is 12.4. The number of halogens is 2. The van der Waals surface area contributed by atoms with E-state index in [4.69, 9.17) is 11.6 Å². The molecule has 0 N–H and O–H groups in total. The van der Waals surface area contributed by atoms with Gasteiger partial charge in [0.1, 0.15) is 4.47 Å². The molecule has 0 radical (unpaired) electrons. The Morgan fingerprint density at radius 3 is 2.94 bits per heavy atom. The molecule has 2 rings (SSSR count). The number of aromatic nitrogens is 4. The third-order valence-corrected chi connectivity index (χ3v) is 3.57. The molecule has 0 aromatic carbocycles. The normalized spacial score (nSPS) is 10.8. The van der Waals surface area contributed by atoms with E-state index in [1.165, 1.54) is 10.9 Å². The van der Waals surface area contributed by atoms with Crippen LogP contribution in [0.1, 0.15) is 5.56 Å². The summed E-state index contributed by atoms with van der Waals surface area (Å²) in [6.45, 7) is 0.549. The molecule has 0 amide bonds. The van der Waals surface area contributed by atoms with Crippen LogP contribution in [0, 0.1) is 0 Å². The second kappa shape index (κ2) is 5.01. The summed E-state index contributed by atoms with van der Waals surface area (Å²) < 4.78 is 3.55. The van der Waals surface area contributed by atoms with Crippen LogP contribution in [0.4, 0.5) is 0 Å². The average molecular weight is 318 g/mol. The zero-order valence-electron chi connectivity index (χ0n) is 9.10. The van der Waals surface area contributed by atoms with Gasteiger partial charge in [-0.2, -0.15) is 5.10 Å². The Hall–Kier alpha value is -1.14. The highest BCUT2D eigenvalue weighted by atomic mass is 79.9. The molecule has 0 aliphatic rings. The third kappa shape index (κ3) is 2.76. The number of nitrogens with zero attached hydrogens (tertiary/aromatic N) is 4. The maximum Gasteiger partial charge on any atom is 0.269 e. The van der Waals surface area contributed by atoms with Crippen LogP contribution in [0.25, 0.3) is 0 Å². The SMILES string of the molecule is Cn1cc(CCn2cnc(Cl)c(Br)c2=O)cn1. The molecule has 0 saturated carbocycles. The largest absolute Gasteiger partial charge is 0.298 e. The number of hydrogen-bond acceptors (Lipinski definition) is 3. The van der Waals surface area contributed by atoms with E-state index in [0.29, 0.717) is 11.0 Å². The van der Waals surface area contributed by atoms with Gasteiger partial charge in [-0.3, -0.25) is 14.0 Å². The molecule has 17 heavy (non-hydrogen) atoms. The van der Waals surface area contributed by atoms with Crippen molar-refractivity contribution in [3.63, 3.8) is 0 Å². The lowest BCUT2D eigenvalue weighted by atomic mass is 10.2. The molecule has 90 valence electrons. The maximum atomic E-state index is 11.8. The van der Waals surface area contributed by atoms with Crippen molar-refractivity contribution in [2.24, 2.45) is 7.05 Å². The van der Waals surface area contributed by atoms with E-state index in [1.54, 1.807) is 10.9 Å². The fraction of sp³-hybridized carbons (Fsp3) is 0.300. The van der Waals surface area contributed by atoms with E-state index in [2.05, 4.69) is 26.0 Å². The summed E-state index contributed by atoms with van der Waals surface area (Å²) in [4.78, 5) is 15.7. The van der Waals surface area contributed by atoms with E-state index in [1.807, 2.05) is 13.2 Å². The molecule has 0 fully saturated rings. The zero-order valence-corrected chi connectivity index (χ0v) is 11.4. The third-order valence-electron chi connectivity index (χ3n) is 2.34. The van der Waals surface area contributed by atoms with Crippen molar-refractivity contribution in [2.45, 2.75) is 13.0 Å². The van der Waals surface area contributed by atoms with Crippen LogP contribution in [-0.4, -0.2) is 19.3 Å². The topological polar surface area (TPSA) is 52.7 Å². The van der Waals surface area contributed by atoms with E-state index in [-0.39, 0.29) is 10.7 Å². The molecule has 0 bridgehead atoms. The minimum Gasteiger partial charge on any atom is -0.298 e. The van der Waals surface area contributed by atoms with Gasteiger partial charge in [0, 0.05) is 19.8 Å². The Labute approximate surface area is 111 Å². The second-order valence-electron chi connectivity index (χ2n) is 3.62. The lowest BCUT2D eigenvalue weighted by Gasteiger charge is -2.04. The van der Waals surface area contributed by atoms with Gasteiger partial charge in [-0.1, -0.05) is 11.6 Å². The Morgan fingerprint density at radius 2 is 2.29 bits per heavy atom. The van der Waals surface area contributed by atoms with Crippen LogP contribution >= 0.6 is 27.5 Å². The molecule has 5 nitrogen and oxygen atoms in total. The summed E-state index contributed by atoms with van der Waals surface area (Å²) in [5.41, 5.74) is 0.902. The fourth-order valence-corrected chi connectivity index (χ4v) is 1.91. The highest BCUT2D eigenvalue weighted by Crippen LogP contribution is 2.13. The monoisotopic (exact) mass is 316 g/mol. The Kier molecular flexibility index (Phi) is 3.63. The lowest BCUT2D eigenvalue weighted by Crippen LogP contribution is -2.22. The van der Waals surface area contributed by atoms with Gasteiger partial charge in [-0.25, -0.2) is 4.98 Å². The molecule has 0 spiro atoms. The Bertz CT molecular complexity index is 592. The molecule has 0 atom stereocenters. The van der Waals surface area contributed by atoms with Crippen LogP contribution in [0.2, 0.25) is 5.15 Å². The average Bonchev–Trinajstić information content (AvgIpc) is 2.71. The predicted octanol–water partition coefficient (Wildman–Crippen LogP) is 1.64. The number of rotatable bonds is 3. The van der Waals surface area contributed by atoms with Gasteiger partial charge < -0.3 is 0 Å². The van der Waals surface area contributed by atoms with Gasteiger partial charge in [0.15, 0.2) is 5.15 Å². The molecule has 0 aliphatic carbocycles. The molecule has 2 heterocycles. The smallest absolute Gasteiger partial charge is 0.269 e. The van der Waals surface area contributed by atoms with Gasteiger partial charge in [-0.05, 0) is 27.9 Å². The van der Waals surface area contributed by atoms with Crippen molar-refractivity contribution in [1.82, 2.24) is 19.3 Å².